The molecule has 0 saturated heterocycles. The molecule has 0 fully saturated rings. The third kappa shape index (κ3) is 1.57. The Kier molecular flexibility index (Phi) is 2.66. The second-order valence-electron chi connectivity index (χ2n) is 2.31. The van der Waals surface area contributed by atoms with Crippen LogP contribution in [0.5, 0.6) is 5.75 Å². The maximum atomic E-state index is 13.1. The number of aromatic hydroxyl groups is 1. The van der Waals surface area contributed by atoms with Crippen molar-refractivity contribution in [3.05, 3.63) is 27.1 Å². The molecule has 0 aromatic heterocycles. The van der Waals surface area contributed by atoms with Crippen molar-refractivity contribution in [1.29, 1.82) is 0 Å². The standard InChI is InChI=1S/C8H6FIO2/c1-4(11)7-6(12)3-2-5(10)8(7)9/h2-3,12H,1H3. The molecule has 1 aromatic rings. The molecule has 0 aliphatic rings. The van der Waals surface area contributed by atoms with Gasteiger partial charge in [0, 0.05) is 3.57 Å². The van der Waals surface area contributed by atoms with Gasteiger partial charge in [-0.2, -0.15) is 0 Å². The van der Waals surface area contributed by atoms with Crippen molar-refractivity contribution < 1.29 is 14.3 Å². The van der Waals surface area contributed by atoms with E-state index in [1.807, 2.05) is 0 Å². The maximum Gasteiger partial charge on any atom is 0.166 e. The molecule has 0 heterocycles. The fourth-order valence-corrected chi connectivity index (χ4v) is 1.32. The lowest BCUT2D eigenvalue weighted by Crippen LogP contribution is -1.99. The van der Waals surface area contributed by atoms with Crippen LogP contribution in [-0.2, 0) is 0 Å². The predicted octanol–water partition coefficient (Wildman–Crippen LogP) is 2.34. The summed E-state index contributed by atoms with van der Waals surface area (Å²) in [5.41, 5.74) is -0.234. The highest BCUT2D eigenvalue weighted by atomic mass is 127. The Bertz CT molecular complexity index is 336. The average molecular weight is 280 g/mol. The number of Topliss-reactive ketones (excluding diaryl/α,β-unsaturated/α-hetero) is 1. The molecule has 0 unspecified atom stereocenters. The third-order valence-corrected chi connectivity index (χ3v) is 2.26. The highest BCUT2D eigenvalue weighted by Crippen LogP contribution is 2.24. The van der Waals surface area contributed by atoms with E-state index < -0.39 is 11.6 Å². The summed E-state index contributed by atoms with van der Waals surface area (Å²) in [6.45, 7) is 1.22. The Morgan fingerprint density at radius 1 is 1.58 bits per heavy atom. The molecular formula is C8H6FIO2. The van der Waals surface area contributed by atoms with Gasteiger partial charge in [-0.25, -0.2) is 4.39 Å². The highest BCUT2D eigenvalue weighted by Gasteiger charge is 2.14. The molecule has 64 valence electrons. The van der Waals surface area contributed by atoms with Crippen LogP contribution in [0.3, 0.4) is 0 Å². The van der Waals surface area contributed by atoms with Gasteiger partial charge in [-0.1, -0.05) is 0 Å². The van der Waals surface area contributed by atoms with Gasteiger partial charge in [0.05, 0.1) is 5.56 Å². The van der Waals surface area contributed by atoms with Crippen LogP contribution in [0.25, 0.3) is 0 Å². The summed E-state index contributed by atoms with van der Waals surface area (Å²) in [4.78, 5) is 10.8. The van der Waals surface area contributed by atoms with Gasteiger partial charge >= 0.3 is 0 Å². The second-order valence-corrected chi connectivity index (χ2v) is 3.47. The molecular weight excluding hydrogens is 274 g/mol. The van der Waals surface area contributed by atoms with Crippen LogP contribution >= 0.6 is 22.6 Å². The van der Waals surface area contributed by atoms with E-state index in [0.29, 0.717) is 3.57 Å². The maximum absolute atomic E-state index is 13.1. The van der Waals surface area contributed by atoms with E-state index in [9.17, 15) is 9.18 Å². The lowest BCUT2D eigenvalue weighted by Gasteiger charge is -2.02. The number of hydrogen-bond donors (Lipinski definition) is 1. The van der Waals surface area contributed by atoms with Crippen LogP contribution in [0.2, 0.25) is 0 Å². The molecule has 1 rings (SSSR count). The van der Waals surface area contributed by atoms with Crippen LogP contribution in [0.4, 0.5) is 4.39 Å². The first kappa shape index (κ1) is 9.44. The zero-order chi connectivity index (χ0) is 9.30. The topological polar surface area (TPSA) is 37.3 Å². The molecule has 0 aliphatic heterocycles. The first-order chi connectivity index (χ1) is 5.54. The van der Waals surface area contributed by atoms with Crippen LogP contribution in [-0.4, -0.2) is 10.9 Å². The van der Waals surface area contributed by atoms with Gasteiger partial charge in [0.25, 0.3) is 0 Å². The van der Waals surface area contributed by atoms with Crippen LogP contribution in [0, 0.1) is 9.39 Å². The van der Waals surface area contributed by atoms with Crippen molar-refractivity contribution >= 4 is 28.4 Å². The van der Waals surface area contributed by atoms with Crippen molar-refractivity contribution in [2.24, 2.45) is 0 Å². The minimum Gasteiger partial charge on any atom is -0.507 e. The number of benzene rings is 1. The minimum absolute atomic E-state index is 0.234. The number of ketones is 1. The van der Waals surface area contributed by atoms with Gasteiger partial charge < -0.3 is 5.11 Å². The summed E-state index contributed by atoms with van der Waals surface area (Å²) in [5, 5.41) is 9.12. The molecule has 0 aliphatic carbocycles. The number of carbonyl (C=O) groups excluding carboxylic acids is 1. The molecule has 0 spiro atoms. The van der Waals surface area contributed by atoms with Gasteiger partial charge in [-0.3, -0.25) is 4.79 Å². The molecule has 1 aromatic carbocycles. The molecule has 0 atom stereocenters. The normalized spacial score (nSPS) is 9.92. The van der Waals surface area contributed by atoms with E-state index in [1.165, 1.54) is 19.1 Å². The summed E-state index contributed by atoms with van der Waals surface area (Å²) in [6, 6.07) is 2.72. The van der Waals surface area contributed by atoms with E-state index >= 15 is 0 Å². The zero-order valence-corrected chi connectivity index (χ0v) is 8.42. The fourth-order valence-electron chi connectivity index (χ4n) is 0.875. The first-order valence-electron chi connectivity index (χ1n) is 3.22. The molecule has 0 bridgehead atoms. The van der Waals surface area contributed by atoms with Gasteiger partial charge in [-0.05, 0) is 41.6 Å². The molecule has 0 radical (unpaired) electrons. The second kappa shape index (κ2) is 3.38. The van der Waals surface area contributed by atoms with Crippen molar-refractivity contribution in [3.63, 3.8) is 0 Å². The Morgan fingerprint density at radius 2 is 2.17 bits per heavy atom. The Morgan fingerprint density at radius 3 is 2.58 bits per heavy atom. The molecule has 2 nitrogen and oxygen atoms in total. The minimum atomic E-state index is -0.650. The largest absolute Gasteiger partial charge is 0.507 e. The van der Waals surface area contributed by atoms with Gasteiger partial charge in [-0.15, -0.1) is 0 Å². The molecule has 0 saturated carbocycles. The van der Waals surface area contributed by atoms with Crippen molar-refractivity contribution in [1.82, 2.24) is 0 Å². The number of phenolic OH excluding ortho intramolecular Hbond substituents is 1. The Balaban J connectivity index is 3.43. The molecule has 12 heavy (non-hydrogen) atoms. The lowest BCUT2D eigenvalue weighted by atomic mass is 10.1. The quantitative estimate of drug-likeness (QED) is 0.633. The van der Waals surface area contributed by atoms with Gasteiger partial charge in [0.2, 0.25) is 0 Å². The zero-order valence-electron chi connectivity index (χ0n) is 6.27. The van der Waals surface area contributed by atoms with E-state index in [4.69, 9.17) is 5.11 Å². The molecule has 1 N–H and O–H groups in total. The van der Waals surface area contributed by atoms with Gasteiger partial charge in [0.15, 0.2) is 11.6 Å². The third-order valence-electron chi connectivity index (χ3n) is 1.42. The number of hydrogen-bond acceptors (Lipinski definition) is 2. The lowest BCUT2D eigenvalue weighted by molar-refractivity contribution is 0.101. The van der Waals surface area contributed by atoms with Crippen molar-refractivity contribution in [2.75, 3.05) is 0 Å². The first-order valence-corrected chi connectivity index (χ1v) is 4.30. The Labute approximate surface area is 82.5 Å². The number of halogens is 2. The summed E-state index contributed by atoms with van der Waals surface area (Å²) >= 11 is 1.76. The van der Waals surface area contributed by atoms with Gasteiger partial charge in [0.1, 0.15) is 5.75 Å². The van der Waals surface area contributed by atoms with E-state index in [1.54, 1.807) is 22.6 Å². The summed E-state index contributed by atoms with van der Waals surface area (Å²) < 4.78 is 13.5. The van der Waals surface area contributed by atoms with Crippen LogP contribution in [0.1, 0.15) is 17.3 Å². The summed E-state index contributed by atoms with van der Waals surface area (Å²) in [6.07, 6.45) is 0. The van der Waals surface area contributed by atoms with E-state index in [2.05, 4.69) is 0 Å². The van der Waals surface area contributed by atoms with Crippen LogP contribution < -0.4 is 0 Å². The highest BCUT2D eigenvalue weighted by molar-refractivity contribution is 14.1. The smallest absolute Gasteiger partial charge is 0.166 e. The molecule has 4 heteroatoms. The summed E-state index contributed by atoms with van der Waals surface area (Å²) in [5.74, 6) is -1.42. The van der Waals surface area contributed by atoms with E-state index in [-0.39, 0.29) is 11.3 Å². The Hall–Kier alpha value is -0.650. The van der Waals surface area contributed by atoms with Crippen LogP contribution in [0.15, 0.2) is 12.1 Å². The number of phenols is 1. The number of rotatable bonds is 1. The van der Waals surface area contributed by atoms with Crippen molar-refractivity contribution in [3.8, 4) is 5.75 Å². The average Bonchev–Trinajstić information content (AvgIpc) is 1.97. The van der Waals surface area contributed by atoms with E-state index in [0.717, 1.165) is 0 Å². The molecule has 0 amide bonds. The monoisotopic (exact) mass is 280 g/mol. The SMILES string of the molecule is CC(=O)c1c(O)ccc(I)c1F. The van der Waals surface area contributed by atoms with Crippen molar-refractivity contribution in [2.45, 2.75) is 6.92 Å². The number of carbonyl (C=O) groups is 1. The fraction of sp³-hybridized carbons (Fsp3) is 0.125. The summed E-state index contributed by atoms with van der Waals surface area (Å²) in [7, 11) is 0. The predicted molar refractivity (Wildman–Crippen MR) is 50.8 cm³/mol.